The smallest absolute Gasteiger partial charge is 0.268 e. The summed E-state index contributed by atoms with van der Waals surface area (Å²) in [5, 5.41) is 14.0. The molecule has 0 rings (SSSR count). The normalized spacial score (nSPS) is 14.0. The molecule has 0 heterocycles. The molecular formula is C56H113N2O6P. The summed E-state index contributed by atoms with van der Waals surface area (Å²) in [6.07, 6.45) is 58.1. The molecule has 0 saturated carbocycles. The van der Waals surface area contributed by atoms with Gasteiger partial charge in [0.2, 0.25) is 5.91 Å². The largest absolute Gasteiger partial charge is 0.756 e. The molecule has 0 aromatic rings. The zero-order chi connectivity index (χ0) is 47.8. The van der Waals surface area contributed by atoms with Gasteiger partial charge < -0.3 is 28.8 Å². The third kappa shape index (κ3) is 50.9. The fraction of sp³-hybridized carbons (Fsp3) is 0.946. The van der Waals surface area contributed by atoms with Crippen molar-refractivity contribution in [2.45, 2.75) is 302 Å². The van der Waals surface area contributed by atoms with Gasteiger partial charge in [-0.3, -0.25) is 9.36 Å². The van der Waals surface area contributed by atoms with Gasteiger partial charge in [-0.15, -0.1) is 0 Å². The summed E-state index contributed by atoms with van der Waals surface area (Å²) in [5.41, 5.74) is 0. The first-order valence-electron chi connectivity index (χ1n) is 28.5. The maximum absolute atomic E-state index is 13.0. The highest BCUT2D eigenvalue weighted by atomic mass is 31.2. The average molecular weight is 942 g/mol. The molecule has 3 atom stereocenters. The fourth-order valence-electron chi connectivity index (χ4n) is 8.74. The van der Waals surface area contributed by atoms with Crippen molar-refractivity contribution in [3.63, 3.8) is 0 Å². The number of nitrogens with zero attached hydrogens (tertiary/aromatic N) is 1. The lowest BCUT2D eigenvalue weighted by Crippen LogP contribution is -2.46. The van der Waals surface area contributed by atoms with Gasteiger partial charge in [0, 0.05) is 6.42 Å². The van der Waals surface area contributed by atoms with Crippen molar-refractivity contribution in [1.82, 2.24) is 5.32 Å². The average Bonchev–Trinajstić information content (AvgIpc) is 3.26. The van der Waals surface area contributed by atoms with E-state index >= 15 is 0 Å². The quantitative estimate of drug-likeness (QED) is 0.0272. The third-order valence-electron chi connectivity index (χ3n) is 13.3. The molecule has 2 N–H and O–H groups in total. The number of likely N-dealkylation sites (N-methyl/N-ethyl adjacent to an activating group) is 1. The van der Waals surface area contributed by atoms with Crippen LogP contribution in [0.3, 0.4) is 0 Å². The number of phosphoric acid groups is 1. The van der Waals surface area contributed by atoms with E-state index in [1.54, 1.807) is 0 Å². The number of nitrogens with one attached hydrogen (secondary N) is 1. The summed E-state index contributed by atoms with van der Waals surface area (Å²) < 4.78 is 23.4. The minimum atomic E-state index is -4.57. The van der Waals surface area contributed by atoms with Gasteiger partial charge in [-0.25, -0.2) is 0 Å². The van der Waals surface area contributed by atoms with Crippen LogP contribution in [0.2, 0.25) is 0 Å². The van der Waals surface area contributed by atoms with E-state index in [1.165, 1.54) is 225 Å². The van der Waals surface area contributed by atoms with Crippen LogP contribution in [-0.2, 0) is 18.4 Å². The molecule has 0 aliphatic carbocycles. The van der Waals surface area contributed by atoms with Crippen LogP contribution >= 0.6 is 7.82 Å². The Kier molecular flexibility index (Phi) is 47.7. The number of allylic oxidation sites excluding steroid dienone is 2. The van der Waals surface area contributed by atoms with Crippen molar-refractivity contribution in [2.75, 3.05) is 40.9 Å². The van der Waals surface area contributed by atoms with Crippen LogP contribution in [0.5, 0.6) is 0 Å². The van der Waals surface area contributed by atoms with Gasteiger partial charge in [0.05, 0.1) is 39.9 Å². The number of carbonyl (C=O) groups excluding carboxylic acids is 1. The number of unbranched alkanes of at least 4 members (excludes halogenated alkanes) is 38. The zero-order valence-corrected chi connectivity index (χ0v) is 45.1. The van der Waals surface area contributed by atoms with Gasteiger partial charge in [-0.05, 0) is 38.5 Å². The molecule has 1 amide bonds. The van der Waals surface area contributed by atoms with Crippen molar-refractivity contribution < 1.29 is 32.9 Å². The van der Waals surface area contributed by atoms with Gasteiger partial charge in [-0.2, -0.15) is 0 Å². The number of aliphatic hydroxyl groups is 1. The van der Waals surface area contributed by atoms with E-state index in [0.717, 1.165) is 38.5 Å². The van der Waals surface area contributed by atoms with Crippen molar-refractivity contribution in [2.24, 2.45) is 0 Å². The van der Waals surface area contributed by atoms with Gasteiger partial charge in [0.15, 0.2) is 0 Å². The Bertz CT molecular complexity index is 1070. The summed E-state index contributed by atoms with van der Waals surface area (Å²) >= 11 is 0. The van der Waals surface area contributed by atoms with Crippen LogP contribution in [0.25, 0.3) is 0 Å². The Balaban J connectivity index is 4.10. The highest BCUT2D eigenvalue weighted by Crippen LogP contribution is 2.38. The molecule has 388 valence electrons. The Morgan fingerprint density at radius 2 is 0.846 bits per heavy atom. The summed E-state index contributed by atoms with van der Waals surface area (Å²) in [7, 11) is 1.32. The van der Waals surface area contributed by atoms with Gasteiger partial charge in [-0.1, -0.05) is 257 Å². The second-order valence-electron chi connectivity index (χ2n) is 21.0. The topological polar surface area (TPSA) is 108 Å². The monoisotopic (exact) mass is 941 g/mol. The molecule has 0 bridgehead atoms. The highest BCUT2D eigenvalue weighted by Gasteiger charge is 2.24. The number of quaternary nitrogens is 1. The molecule has 0 radical (unpaired) electrons. The maximum Gasteiger partial charge on any atom is 0.268 e. The summed E-state index contributed by atoms with van der Waals surface area (Å²) in [6.45, 7) is 4.76. The number of carbonyl (C=O) groups is 1. The Hall–Kier alpha value is -0.760. The number of hydrogen-bond donors (Lipinski definition) is 2. The lowest BCUT2D eigenvalue weighted by atomic mass is 10.0. The lowest BCUT2D eigenvalue weighted by Gasteiger charge is -2.30. The predicted octanol–water partition coefficient (Wildman–Crippen LogP) is 16.4. The SMILES string of the molecule is CCCCCCCCCCCCCC/C=C\CCCCCCCCCCCCCC(=O)NC(COP(=O)([O-])OCC[N+](C)(C)C)C(O)CCCCCCCCCCCCCCCCCC. The van der Waals surface area contributed by atoms with Gasteiger partial charge >= 0.3 is 0 Å². The van der Waals surface area contributed by atoms with Gasteiger partial charge in [0.1, 0.15) is 13.2 Å². The molecule has 8 nitrogen and oxygen atoms in total. The third-order valence-corrected chi connectivity index (χ3v) is 14.2. The van der Waals surface area contributed by atoms with E-state index in [9.17, 15) is 19.4 Å². The standard InChI is InChI=1S/C56H113N2O6P/c1-6-8-10-12-14-16-18-20-22-24-25-26-27-28-29-30-31-32-33-34-36-38-40-42-44-46-48-50-56(60)57-54(53-64-65(61,62)63-52-51-58(3,4)5)55(59)49-47-45-43-41-39-37-35-23-21-19-17-15-13-11-9-7-2/h28-29,54-55,59H,6-27,30-53H2,1-5H3,(H-,57,60,61,62)/b29-28-. The van der Waals surface area contributed by atoms with E-state index in [0.29, 0.717) is 23.9 Å². The van der Waals surface area contributed by atoms with Crippen molar-refractivity contribution >= 4 is 13.7 Å². The second-order valence-corrected chi connectivity index (χ2v) is 22.4. The van der Waals surface area contributed by atoms with Crippen LogP contribution in [0, 0.1) is 0 Å². The van der Waals surface area contributed by atoms with Crippen molar-refractivity contribution in [3.05, 3.63) is 12.2 Å². The first kappa shape index (κ1) is 64.2. The Morgan fingerprint density at radius 3 is 1.20 bits per heavy atom. The van der Waals surface area contributed by atoms with Crippen LogP contribution in [-0.4, -0.2) is 68.5 Å². The lowest BCUT2D eigenvalue weighted by molar-refractivity contribution is -0.870. The highest BCUT2D eigenvalue weighted by molar-refractivity contribution is 7.45. The number of hydrogen-bond acceptors (Lipinski definition) is 6. The first-order chi connectivity index (χ1) is 31.5. The van der Waals surface area contributed by atoms with Gasteiger partial charge in [0.25, 0.3) is 7.82 Å². The van der Waals surface area contributed by atoms with E-state index in [2.05, 4.69) is 31.3 Å². The summed E-state index contributed by atoms with van der Waals surface area (Å²) in [6, 6.07) is -0.798. The molecule has 0 fully saturated rings. The number of rotatable bonds is 53. The molecule has 0 aliphatic rings. The number of amides is 1. The zero-order valence-electron chi connectivity index (χ0n) is 44.2. The fourth-order valence-corrected chi connectivity index (χ4v) is 9.47. The first-order valence-corrected chi connectivity index (χ1v) is 30.0. The van der Waals surface area contributed by atoms with E-state index in [-0.39, 0.29) is 19.1 Å². The van der Waals surface area contributed by atoms with E-state index < -0.39 is 20.0 Å². The predicted molar refractivity (Wildman–Crippen MR) is 279 cm³/mol. The molecule has 0 aromatic carbocycles. The molecule has 65 heavy (non-hydrogen) atoms. The van der Waals surface area contributed by atoms with Crippen LogP contribution in [0.1, 0.15) is 290 Å². The van der Waals surface area contributed by atoms with Crippen molar-refractivity contribution in [1.29, 1.82) is 0 Å². The number of phosphoric ester groups is 1. The molecular weight excluding hydrogens is 828 g/mol. The maximum atomic E-state index is 13.0. The Morgan fingerprint density at radius 1 is 0.523 bits per heavy atom. The molecule has 0 aromatic heterocycles. The molecule has 0 saturated heterocycles. The van der Waals surface area contributed by atoms with Crippen LogP contribution in [0.15, 0.2) is 12.2 Å². The second kappa shape index (κ2) is 48.3. The summed E-state index contributed by atoms with van der Waals surface area (Å²) in [4.78, 5) is 25.5. The molecule has 0 spiro atoms. The minimum Gasteiger partial charge on any atom is -0.756 e. The van der Waals surface area contributed by atoms with E-state index in [4.69, 9.17) is 9.05 Å². The molecule has 3 unspecified atom stereocenters. The molecule has 9 heteroatoms. The van der Waals surface area contributed by atoms with Crippen LogP contribution in [0.4, 0.5) is 0 Å². The van der Waals surface area contributed by atoms with Crippen LogP contribution < -0.4 is 10.2 Å². The minimum absolute atomic E-state index is 0.0146. The summed E-state index contributed by atoms with van der Waals surface area (Å²) in [5.74, 6) is -0.161. The number of aliphatic hydroxyl groups excluding tert-OH is 1. The molecule has 0 aliphatic heterocycles. The van der Waals surface area contributed by atoms with E-state index in [1.807, 2.05) is 21.1 Å². The Labute approximate surface area is 405 Å². The van der Waals surface area contributed by atoms with Crippen molar-refractivity contribution in [3.8, 4) is 0 Å².